The number of anilines is 2. The van der Waals surface area contributed by atoms with Crippen molar-refractivity contribution in [3.05, 3.63) is 88.2 Å². The van der Waals surface area contributed by atoms with Crippen LogP contribution in [0.1, 0.15) is 0 Å². The van der Waals surface area contributed by atoms with E-state index in [0.717, 1.165) is 10.9 Å². The molecule has 0 saturated heterocycles. The zero-order chi connectivity index (χ0) is 20.0. The Morgan fingerprint density at radius 3 is 2.52 bits per heavy atom. The molecular weight excluding hydrogens is 388 g/mol. The highest BCUT2D eigenvalue weighted by Gasteiger charge is 2.32. The second-order valence-corrected chi connectivity index (χ2v) is 7.16. The molecule has 0 fully saturated rings. The minimum absolute atomic E-state index is 0.158. The Morgan fingerprint density at radius 1 is 0.931 bits per heavy atom. The number of para-hydroxylation sites is 1. The molecule has 142 valence electrons. The van der Waals surface area contributed by atoms with Gasteiger partial charge in [-0.2, -0.15) is 0 Å². The Hall–Kier alpha value is -3.57. The highest BCUT2D eigenvalue weighted by molar-refractivity contribution is 6.31. The molecule has 0 saturated carbocycles. The SMILES string of the molecule is O=C1COc2ccc(Cl)cc2N1c1c(-c2ccccc2)c2ccccc2[nH]c1=O. The van der Waals surface area contributed by atoms with Gasteiger partial charge in [0.1, 0.15) is 11.4 Å². The predicted octanol–water partition coefficient (Wildman–Crippen LogP) is 4.91. The van der Waals surface area contributed by atoms with Gasteiger partial charge in [-0.25, -0.2) is 0 Å². The molecular formula is C23H15ClN2O3. The van der Waals surface area contributed by atoms with Crippen LogP contribution in [0.15, 0.2) is 77.6 Å². The van der Waals surface area contributed by atoms with Gasteiger partial charge in [0, 0.05) is 21.5 Å². The molecule has 0 atom stereocenters. The predicted molar refractivity (Wildman–Crippen MR) is 114 cm³/mol. The van der Waals surface area contributed by atoms with Gasteiger partial charge in [-0.05, 0) is 29.8 Å². The second kappa shape index (κ2) is 6.79. The van der Waals surface area contributed by atoms with E-state index in [-0.39, 0.29) is 23.8 Å². The van der Waals surface area contributed by atoms with Crippen molar-refractivity contribution in [1.82, 2.24) is 4.98 Å². The number of nitrogens with zero attached hydrogens (tertiary/aromatic N) is 1. The van der Waals surface area contributed by atoms with Crippen molar-refractivity contribution in [3.63, 3.8) is 0 Å². The summed E-state index contributed by atoms with van der Waals surface area (Å²) >= 11 is 6.19. The maximum absolute atomic E-state index is 13.2. The van der Waals surface area contributed by atoms with Gasteiger partial charge in [0.05, 0.1) is 5.69 Å². The van der Waals surface area contributed by atoms with Crippen molar-refractivity contribution < 1.29 is 9.53 Å². The largest absolute Gasteiger partial charge is 0.482 e. The molecule has 1 N–H and O–H groups in total. The molecule has 0 spiro atoms. The van der Waals surface area contributed by atoms with E-state index >= 15 is 0 Å². The number of amides is 1. The highest BCUT2D eigenvalue weighted by atomic mass is 35.5. The molecule has 1 aliphatic heterocycles. The summed E-state index contributed by atoms with van der Waals surface area (Å²) < 4.78 is 5.55. The monoisotopic (exact) mass is 402 g/mol. The molecule has 0 bridgehead atoms. The number of rotatable bonds is 2. The summed E-state index contributed by atoms with van der Waals surface area (Å²) in [7, 11) is 0. The molecule has 5 rings (SSSR count). The summed E-state index contributed by atoms with van der Waals surface area (Å²) in [5.74, 6) is 0.165. The van der Waals surface area contributed by atoms with Crippen LogP contribution in [0.4, 0.5) is 11.4 Å². The van der Waals surface area contributed by atoms with E-state index in [1.807, 2.05) is 54.6 Å². The lowest BCUT2D eigenvalue weighted by Gasteiger charge is -2.30. The van der Waals surface area contributed by atoms with Crippen LogP contribution in [0, 0.1) is 0 Å². The Morgan fingerprint density at radius 2 is 1.69 bits per heavy atom. The van der Waals surface area contributed by atoms with Crippen molar-refractivity contribution in [3.8, 4) is 16.9 Å². The van der Waals surface area contributed by atoms with Gasteiger partial charge in [0.2, 0.25) is 0 Å². The van der Waals surface area contributed by atoms with Crippen LogP contribution in [0.25, 0.3) is 22.0 Å². The lowest BCUT2D eigenvalue weighted by Crippen LogP contribution is -2.38. The summed E-state index contributed by atoms with van der Waals surface area (Å²) in [6.07, 6.45) is 0. The molecule has 6 heteroatoms. The average molecular weight is 403 g/mol. The summed E-state index contributed by atoms with van der Waals surface area (Å²) in [5, 5.41) is 1.29. The van der Waals surface area contributed by atoms with E-state index in [9.17, 15) is 9.59 Å². The fourth-order valence-electron chi connectivity index (χ4n) is 3.71. The van der Waals surface area contributed by atoms with Crippen LogP contribution >= 0.6 is 11.6 Å². The molecule has 3 aromatic carbocycles. The number of hydrogen-bond acceptors (Lipinski definition) is 3. The van der Waals surface area contributed by atoms with E-state index in [4.69, 9.17) is 16.3 Å². The number of nitrogens with one attached hydrogen (secondary N) is 1. The maximum Gasteiger partial charge on any atom is 0.273 e. The first-order valence-electron chi connectivity index (χ1n) is 9.09. The second-order valence-electron chi connectivity index (χ2n) is 6.72. The normalized spacial score (nSPS) is 13.3. The van der Waals surface area contributed by atoms with Crippen molar-refractivity contribution in [1.29, 1.82) is 0 Å². The first-order chi connectivity index (χ1) is 14.1. The number of pyridine rings is 1. The summed E-state index contributed by atoms with van der Waals surface area (Å²) in [6.45, 7) is -0.158. The number of aromatic amines is 1. The lowest BCUT2D eigenvalue weighted by atomic mass is 9.98. The first-order valence-corrected chi connectivity index (χ1v) is 9.47. The van der Waals surface area contributed by atoms with E-state index in [0.29, 0.717) is 27.5 Å². The number of benzene rings is 3. The zero-order valence-electron chi connectivity index (χ0n) is 15.2. The van der Waals surface area contributed by atoms with Crippen LogP contribution in [-0.4, -0.2) is 17.5 Å². The number of hydrogen-bond donors (Lipinski definition) is 1. The fraction of sp³-hybridized carbons (Fsp3) is 0.0435. The smallest absolute Gasteiger partial charge is 0.273 e. The summed E-state index contributed by atoms with van der Waals surface area (Å²) in [6, 6.07) is 22.1. The van der Waals surface area contributed by atoms with Crippen LogP contribution < -0.4 is 15.2 Å². The van der Waals surface area contributed by atoms with Crippen molar-refractivity contribution in [2.75, 3.05) is 11.5 Å². The van der Waals surface area contributed by atoms with E-state index < -0.39 is 0 Å². The topological polar surface area (TPSA) is 62.4 Å². The molecule has 29 heavy (non-hydrogen) atoms. The number of ether oxygens (including phenoxy) is 1. The fourth-order valence-corrected chi connectivity index (χ4v) is 3.88. The van der Waals surface area contributed by atoms with Crippen molar-refractivity contribution in [2.24, 2.45) is 0 Å². The van der Waals surface area contributed by atoms with Gasteiger partial charge in [-0.15, -0.1) is 0 Å². The maximum atomic E-state index is 13.2. The molecule has 2 heterocycles. The minimum atomic E-state index is -0.358. The molecule has 1 amide bonds. The van der Waals surface area contributed by atoms with E-state index in [1.54, 1.807) is 18.2 Å². The third kappa shape index (κ3) is 2.87. The number of carbonyl (C=O) groups is 1. The van der Waals surface area contributed by atoms with Crippen LogP contribution in [0.5, 0.6) is 5.75 Å². The van der Waals surface area contributed by atoms with Crippen LogP contribution in [0.2, 0.25) is 5.02 Å². The molecule has 4 aromatic rings. The Balaban J connectivity index is 1.90. The number of carbonyl (C=O) groups excluding carboxylic acids is 1. The highest BCUT2D eigenvalue weighted by Crippen LogP contribution is 2.42. The standard InChI is InChI=1S/C23H15ClN2O3/c24-15-10-11-19-18(12-15)26(20(27)13-29-19)22-21(14-6-2-1-3-7-14)16-8-4-5-9-17(16)25-23(22)28/h1-12H,13H2,(H,25,28). The number of halogens is 1. The van der Waals surface area contributed by atoms with Gasteiger partial charge < -0.3 is 9.72 Å². The summed E-state index contributed by atoms with van der Waals surface area (Å²) in [4.78, 5) is 30.5. The van der Waals surface area contributed by atoms with Crippen LogP contribution in [0.3, 0.4) is 0 Å². The molecule has 1 aromatic heterocycles. The van der Waals surface area contributed by atoms with Crippen molar-refractivity contribution in [2.45, 2.75) is 0 Å². The number of H-pyrrole nitrogens is 1. The number of fused-ring (bicyclic) bond motifs is 2. The Labute approximate surface area is 171 Å². The van der Waals surface area contributed by atoms with Crippen LogP contribution in [-0.2, 0) is 4.79 Å². The molecule has 0 aliphatic carbocycles. The first kappa shape index (κ1) is 17.5. The number of aromatic nitrogens is 1. The third-order valence-electron chi connectivity index (χ3n) is 4.94. The van der Waals surface area contributed by atoms with Gasteiger partial charge in [-0.3, -0.25) is 14.5 Å². The molecule has 0 unspecified atom stereocenters. The van der Waals surface area contributed by atoms with E-state index in [2.05, 4.69) is 4.98 Å². The van der Waals surface area contributed by atoms with Gasteiger partial charge in [0.25, 0.3) is 11.5 Å². The molecule has 5 nitrogen and oxygen atoms in total. The average Bonchev–Trinajstić information content (AvgIpc) is 2.74. The summed E-state index contributed by atoms with van der Waals surface area (Å²) in [5.41, 5.74) is 2.58. The molecule has 1 aliphatic rings. The zero-order valence-corrected chi connectivity index (χ0v) is 15.9. The lowest BCUT2D eigenvalue weighted by molar-refractivity contribution is -0.120. The third-order valence-corrected chi connectivity index (χ3v) is 5.18. The Bertz CT molecular complexity index is 1320. The van der Waals surface area contributed by atoms with E-state index in [1.165, 1.54) is 4.90 Å². The Kier molecular flexibility index (Phi) is 4.11. The van der Waals surface area contributed by atoms with Crippen molar-refractivity contribution >= 4 is 39.8 Å². The quantitative estimate of drug-likeness (QED) is 0.518. The minimum Gasteiger partial charge on any atom is -0.482 e. The molecule has 0 radical (unpaired) electrons. The van der Waals surface area contributed by atoms with Gasteiger partial charge in [-0.1, -0.05) is 60.1 Å². The van der Waals surface area contributed by atoms with Gasteiger partial charge in [0.15, 0.2) is 6.61 Å². The van der Waals surface area contributed by atoms with Gasteiger partial charge >= 0.3 is 0 Å².